The molecule has 0 saturated heterocycles. The van der Waals surface area contributed by atoms with Crippen LogP contribution >= 0.6 is 23.2 Å². The molecule has 1 atom stereocenters. The molecule has 3 rings (SSSR count). The maximum Gasteiger partial charge on any atom is 0.263 e. The Bertz CT molecular complexity index is 1050. The fourth-order valence-electron chi connectivity index (χ4n) is 2.63. The van der Waals surface area contributed by atoms with E-state index >= 15 is 0 Å². The van der Waals surface area contributed by atoms with Crippen molar-refractivity contribution >= 4 is 40.0 Å². The van der Waals surface area contributed by atoms with Crippen LogP contribution in [0.3, 0.4) is 0 Å². The Hall–Kier alpha value is -2.57. The molecular formula is C19H17Cl2N3O3. The van der Waals surface area contributed by atoms with E-state index in [0.29, 0.717) is 32.5 Å². The summed E-state index contributed by atoms with van der Waals surface area (Å²) in [5.74, 6) is 0.482. The highest BCUT2D eigenvalue weighted by molar-refractivity contribution is 6.35. The Kier molecular flexibility index (Phi) is 5.68. The van der Waals surface area contributed by atoms with Crippen LogP contribution < -0.4 is 10.3 Å². The number of likely N-dealkylation sites (N-methyl/N-ethyl adjacent to an activating group) is 1. The van der Waals surface area contributed by atoms with Crippen molar-refractivity contribution in [2.45, 2.75) is 19.6 Å². The van der Waals surface area contributed by atoms with Gasteiger partial charge in [-0.15, -0.1) is 0 Å². The van der Waals surface area contributed by atoms with Crippen molar-refractivity contribution in [3.05, 3.63) is 68.7 Å². The maximum absolute atomic E-state index is 12.6. The minimum atomic E-state index is -0.777. The zero-order valence-corrected chi connectivity index (χ0v) is 16.2. The number of rotatable bonds is 5. The number of aromatic amines is 1. The summed E-state index contributed by atoms with van der Waals surface area (Å²) in [6, 6.07) is 11.8. The molecule has 8 heteroatoms. The highest BCUT2D eigenvalue weighted by atomic mass is 35.5. The first-order chi connectivity index (χ1) is 12.8. The number of fused-ring (bicyclic) bond motifs is 1. The Morgan fingerprint density at radius 2 is 2.00 bits per heavy atom. The molecule has 0 spiro atoms. The Morgan fingerprint density at radius 3 is 2.74 bits per heavy atom. The van der Waals surface area contributed by atoms with E-state index in [-0.39, 0.29) is 18.0 Å². The number of amides is 1. The number of nitrogens with zero attached hydrogens (tertiary/aromatic N) is 2. The van der Waals surface area contributed by atoms with Gasteiger partial charge in [-0.2, -0.15) is 0 Å². The van der Waals surface area contributed by atoms with E-state index in [1.165, 1.54) is 4.90 Å². The van der Waals surface area contributed by atoms with Gasteiger partial charge in [0.2, 0.25) is 0 Å². The smallest absolute Gasteiger partial charge is 0.263 e. The maximum atomic E-state index is 12.6. The van der Waals surface area contributed by atoms with Gasteiger partial charge in [-0.05, 0) is 37.3 Å². The molecule has 140 valence electrons. The standard InChI is InChI=1S/C19H17Cl2N3O3/c1-11(27-16-8-7-12(20)9-14(16)21)19(26)24(2)10-17-22-15-6-4-3-5-13(15)18(25)23-17/h3-9,11H,10H2,1-2H3,(H,22,23,25)/t11-/m0/s1. The molecule has 1 N–H and O–H groups in total. The lowest BCUT2D eigenvalue weighted by molar-refractivity contribution is -0.137. The molecule has 3 aromatic rings. The predicted octanol–water partition coefficient (Wildman–Crippen LogP) is 3.66. The van der Waals surface area contributed by atoms with Crippen molar-refractivity contribution < 1.29 is 9.53 Å². The first-order valence-corrected chi connectivity index (χ1v) is 8.95. The molecular weight excluding hydrogens is 389 g/mol. The number of nitrogens with one attached hydrogen (secondary N) is 1. The molecule has 1 amide bonds. The molecule has 27 heavy (non-hydrogen) atoms. The number of halogens is 2. The van der Waals surface area contributed by atoms with Crippen LogP contribution in [0.5, 0.6) is 5.75 Å². The van der Waals surface area contributed by atoms with Crippen LogP contribution in [0.1, 0.15) is 12.7 Å². The van der Waals surface area contributed by atoms with E-state index in [2.05, 4.69) is 9.97 Å². The van der Waals surface area contributed by atoms with Gasteiger partial charge in [0.25, 0.3) is 11.5 Å². The second-order valence-electron chi connectivity index (χ2n) is 6.06. The van der Waals surface area contributed by atoms with Gasteiger partial charge >= 0.3 is 0 Å². The number of carbonyl (C=O) groups is 1. The average molecular weight is 406 g/mol. The van der Waals surface area contributed by atoms with Crippen LogP contribution in [0, 0.1) is 0 Å². The van der Waals surface area contributed by atoms with Gasteiger partial charge in [-0.1, -0.05) is 35.3 Å². The van der Waals surface area contributed by atoms with E-state index in [1.807, 2.05) is 0 Å². The molecule has 0 aliphatic carbocycles. The molecule has 0 unspecified atom stereocenters. The van der Waals surface area contributed by atoms with Crippen LogP contribution in [0.4, 0.5) is 0 Å². The normalized spacial score (nSPS) is 12.0. The minimum absolute atomic E-state index is 0.140. The lowest BCUT2D eigenvalue weighted by Crippen LogP contribution is -2.38. The van der Waals surface area contributed by atoms with Crippen molar-refractivity contribution in [2.24, 2.45) is 0 Å². The summed E-state index contributed by atoms with van der Waals surface area (Å²) in [6.07, 6.45) is -0.777. The summed E-state index contributed by atoms with van der Waals surface area (Å²) < 4.78 is 5.64. The summed E-state index contributed by atoms with van der Waals surface area (Å²) >= 11 is 11.9. The minimum Gasteiger partial charge on any atom is -0.479 e. The van der Waals surface area contributed by atoms with Crippen LogP contribution in [-0.2, 0) is 11.3 Å². The molecule has 6 nitrogen and oxygen atoms in total. The Balaban J connectivity index is 1.72. The highest BCUT2D eigenvalue weighted by Crippen LogP contribution is 2.28. The first kappa shape index (κ1) is 19.2. The van der Waals surface area contributed by atoms with Gasteiger partial charge in [-0.25, -0.2) is 4.98 Å². The van der Waals surface area contributed by atoms with Gasteiger partial charge in [0, 0.05) is 12.1 Å². The summed E-state index contributed by atoms with van der Waals surface area (Å²) in [6.45, 7) is 1.77. The number of H-pyrrole nitrogens is 1. The highest BCUT2D eigenvalue weighted by Gasteiger charge is 2.21. The van der Waals surface area contributed by atoms with Crippen molar-refractivity contribution in [1.29, 1.82) is 0 Å². The van der Waals surface area contributed by atoms with Crippen LogP contribution in [0.25, 0.3) is 10.9 Å². The summed E-state index contributed by atoms with van der Waals surface area (Å²) in [5.41, 5.74) is 0.336. The van der Waals surface area contributed by atoms with Gasteiger partial charge in [-0.3, -0.25) is 9.59 Å². The fraction of sp³-hybridized carbons (Fsp3) is 0.211. The fourth-order valence-corrected chi connectivity index (χ4v) is 3.09. The summed E-state index contributed by atoms with van der Waals surface area (Å²) in [5, 5.41) is 1.31. The number of aromatic nitrogens is 2. The monoisotopic (exact) mass is 405 g/mol. The zero-order valence-electron chi connectivity index (χ0n) is 14.7. The first-order valence-electron chi connectivity index (χ1n) is 8.20. The van der Waals surface area contributed by atoms with Crippen molar-refractivity contribution in [1.82, 2.24) is 14.9 Å². The lowest BCUT2D eigenvalue weighted by Gasteiger charge is -2.22. The van der Waals surface area contributed by atoms with Gasteiger partial charge in [0.15, 0.2) is 6.10 Å². The number of para-hydroxylation sites is 1. The van der Waals surface area contributed by atoms with E-state index in [4.69, 9.17) is 27.9 Å². The topological polar surface area (TPSA) is 75.3 Å². The molecule has 0 aliphatic rings. The molecule has 1 heterocycles. The SMILES string of the molecule is C[C@H](Oc1ccc(Cl)cc1Cl)C(=O)N(C)Cc1nc2ccccc2c(=O)[nH]1. The third-order valence-corrected chi connectivity index (χ3v) is 4.50. The molecule has 0 bridgehead atoms. The molecule has 0 aliphatic heterocycles. The molecule has 2 aromatic carbocycles. The molecule has 0 saturated carbocycles. The van der Waals surface area contributed by atoms with E-state index < -0.39 is 6.10 Å². The third-order valence-electron chi connectivity index (χ3n) is 3.97. The largest absolute Gasteiger partial charge is 0.479 e. The number of carbonyl (C=O) groups excluding carboxylic acids is 1. The number of hydrogen-bond donors (Lipinski definition) is 1. The Morgan fingerprint density at radius 1 is 1.26 bits per heavy atom. The van der Waals surface area contributed by atoms with E-state index in [0.717, 1.165) is 0 Å². The lowest BCUT2D eigenvalue weighted by atomic mass is 10.2. The second kappa shape index (κ2) is 7.98. The predicted molar refractivity (Wildman–Crippen MR) is 105 cm³/mol. The summed E-state index contributed by atoms with van der Waals surface area (Å²) in [7, 11) is 1.61. The van der Waals surface area contributed by atoms with Crippen LogP contribution in [0.15, 0.2) is 47.3 Å². The van der Waals surface area contributed by atoms with Gasteiger partial charge in [0.1, 0.15) is 11.6 Å². The van der Waals surface area contributed by atoms with Crippen LogP contribution in [-0.4, -0.2) is 33.9 Å². The van der Waals surface area contributed by atoms with E-state index in [1.54, 1.807) is 56.4 Å². The van der Waals surface area contributed by atoms with Gasteiger partial charge < -0.3 is 14.6 Å². The third kappa shape index (κ3) is 4.40. The van der Waals surface area contributed by atoms with Crippen LogP contribution in [0.2, 0.25) is 10.0 Å². The van der Waals surface area contributed by atoms with Crippen molar-refractivity contribution in [3.63, 3.8) is 0 Å². The zero-order chi connectivity index (χ0) is 19.6. The molecule has 0 fully saturated rings. The second-order valence-corrected chi connectivity index (χ2v) is 6.90. The Labute approximate surface area is 165 Å². The van der Waals surface area contributed by atoms with Gasteiger partial charge in [0.05, 0.1) is 22.5 Å². The van der Waals surface area contributed by atoms with E-state index in [9.17, 15) is 9.59 Å². The molecule has 0 radical (unpaired) electrons. The number of benzene rings is 2. The van der Waals surface area contributed by atoms with Crippen molar-refractivity contribution in [3.8, 4) is 5.75 Å². The molecule has 1 aromatic heterocycles. The average Bonchev–Trinajstić information content (AvgIpc) is 2.63. The number of hydrogen-bond acceptors (Lipinski definition) is 4. The van der Waals surface area contributed by atoms with Crippen molar-refractivity contribution in [2.75, 3.05) is 7.05 Å². The quantitative estimate of drug-likeness (QED) is 0.702. The summed E-state index contributed by atoms with van der Waals surface area (Å²) in [4.78, 5) is 33.3. The number of ether oxygens (including phenoxy) is 1.